The number of carbonyl (C=O) groups is 1. The highest BCUT2D eigenvalue weighted by molar-refractivity contribution is 7.09. The molecule has 1 heterocycles. The molecule has 22 heavy (non-hydrogen) atoms. The topological polar surface area (TPSA) is 64.1 Å². The maximum Gasteiger partial charge on any atom is 0.261 e. The SMILES string of the molecule is COc1ccccc1C(=O)Nc1nsc(-c2ccccc2)n1. The van der Waals surface area contributed by atoms with E-state index in [0.29, 0.717) is 17.3 Å². The van der Waals surface area contributed by atoms with Gasteiger partial charge < -0.3 is 4.74 Å². The van der Waals surface area contributed by atoms with Crippen LogP contribution in [0.1, 0.15) is 10.4 Å². The number of para-hydroxylation sites is 1. The first-order valence-corrected chi connectivity index (χ1v) is 7.39. The molecule has 1 aromatic heterocycles. The van der Waals surface area contributed by atoms with Crippen LogP contribution in [0.4, 0.5) is 5.95 Å². The van der Waals surface area contributed by atoms with Crippen molar-refractivity contribution in [3.05, 3.63) is 60.2 Å². The second kappa shape index (κ2) is 6.36. The summed E-state index contributed by atoms with van der Waals surface area (Å²) in [5, 5.41) is 3.45. The summed E-state index contributed by atoms with van der Waals surface area (Å²) in [7, 11) is 1.53. The Labute approximate surface area is 131 Å². The van der Waals surface area contributed by atoms with E-state index in [1.54, 1.807) is 18.2 Å². The highest BCUT2D eigenvalue weighted by Crippen LogP contribution is 2.23. The zero-order valence-electron chi connectivity index (χ0n) is 11.8. The minimum atomic E-state index is -0.296. The van der Waals surface area contributed by atoms with E-state index in [2.05, 4.69) is 14.7 Å². The molecule has 3 aromatic rings. The van der Waals surface area contributed by atoms with Gasteiger partial charge in [0.2, 0.25) is 5.95 Å². The molecule has 0 unspecified atom stereocenters. The number of nitrogens with one attached hydrogen (secondary N) is 1. The minimum absolute atomic E-state index is 0.291. The number of hydrogen-bond acceptors (Lipinski definition) is 5. The molecule has 0 radical (unpaired) electrons. The molecule has 0 aliphatic carbocycles. The number of rotatable bonds is 4. The van der Waals surface area contributed by atoms with Gasteiger partial charge in [0.05, 0.1) is 12.7 Å². The summed E-state index contributed by atoms with van der Waals surface area (Å²) in [4.78, 5) is 16.6. The maximum absolute atomic E-state index is 12.3. The van der Waals surface area contributed by atoms with Crippen molar-refractivity contribution in [2.24, 2.45) is 0 Å². The smallest absolute Gasteiger partial charge is 0.261 e. The Morgan fingerprint density at radius 3 is 2.59 bits per heavy atom. The van der Waals surface area contributed by atoms with Crippen molar-refractivity contribution >= 4 is 23.4 Å². The predicted octanol–water partition coefficient (Wildman–Crippen LogP) is 3.47. The van der Waals surface area contributed by atoms with E-state index in [1.807, 2.05) is 36.4 Å². The Balaban J connectivity index is 1.79. The molecule has 0 atom stereocenters. The highest BCUT2D eigenvalue weighted by atomic mass is 32.1. The fraction of sp³-hybridized carbons (Fsp3) is 0.0625. The van der Waals surface area contributed by atoms with Crippen molar-refractivity contribution in [2.45, 2.75) is 0 Å². The lowest BCUT2D eigenvalue weighted by Crippen LogP contribution is -2.14. The van der Waals surface area contributed by atoms with Crippen LogP contribution < -0.4 is 10.1 Å². The number of benzene rings is 2. The standard InChI is InChI=1S/C16H13N3O2S/c1-21-13-10-6-5-9-12(13)14(20)17-16-18-15(22-19-16)11-7-3-2-4-8-11/h2-10H,1H3,(H,17,19,20). The zero-order valence-corrected chi connectivity index (χ0v) is 12.6. The Bertz CT molecular complexity index is 787. The molecule has 0 aliphatic heterocycles. The molecule has 0 aliphatic rings. The van der Waals surface area contributed by atoms with E-state index in [-0.39, 0.29) is 5.91 Å². The average Bonchev–Trinajstić information content (AvgIpc) is 3.04. The molecule has 1 N–H and O–H groups in total. The molecule has 0 saturated heterocycles. The number of nitrogens with zero attached hydrogens (tertiary/aromatic N) is 2. The Morgan fingerprint density at radius 1 is 1.09 bits per heavy atom. The van der Waals surface area contributed by atoms with Crippen LogP contribution in [0.5, 0.6) is 5.75 Å². The van der Waals surface area contributed by atoms with Crippen LogP contribution in [0.25, 0.3) is 10.6 Å². The number of amides is 1. The minimum Gasteiger partial charge on any atom is -0.496 e. The molecular formula is C16H13N3O2S. The van der Waals surface area contributed by atoms with Crippen LogP contribution in [0.2, 0.25) is 0 Å². The maximum atomic E-state index is 12.3. The molecule has 6 heteroatoms. The van der Waals surface area contributed by atoms with Crippen molar-refractivity contribution in [1.29, 1.82) is 0 Å². The summed E-state index contributed by atoms with van der Waals surface area (Å²) < 4.78 is 9.35. The van der Waals surface area contributed by atoms with Gasteiger partial charge in [0, 0.05) is 5.56 Å². The Kier molecular flexibility index (Phi) is 4.11. The third-order valence-electron chi connectivity index (χ3n) is 3.02. The first-order valence-electron chi connectivity index (χ1n) is 6.61. The monoisotopic (exact) mass is 311 g/mol. The molecule has 0 bridgehead atoms. The van der Waals surface area contributed by atoms with Gasteiger partial charge in [0.1, 0.15) is 10.8 Å². The number of ether oxygens (including phenoxy) is 1. The molecule has 0 spiro atoms. The summed E-state index contributed by atoms with van der Waals surface area (Å²) >= 11 is 1.24. The van der Waals surface area contributed by atoms with Crippen molar-refractivity contribution in [1.82, 2.24) is 9.36 Å². The first kappa shape index (κ1) is 14.2. The summed E-state index contributed by atoms with van der Waals surface area (Å²) in [6.45, 7) is 0. The number of anilines is 1. The van der Waals surface area contributed by atoms with Gasteiger partial charge in [-0.15, -0.1) is 0 Å². The molecule has 5 nitrogen and oxygen atoms in total. The lowest BCUT2D eigenvalue weighted by molar-refractivity contribution is 0.102. The lowest BCUT2D eigenvalue weighted by atomic mass is 10.2. The summed E-state index contributed by atoms with van der Waals surface area (Å²) in [6.07, 6.45) is 0. The average molecular weight is 311 g/mol. The zero-order chi connectivity index (χ0) is 15.4. The largest absolute Gasteiger partial charge is 0.496 e. The van der Waals surface area contributed by atoms with Gasteiger partial charge in [-0.25, -0.2) is 0 Å². The third-order valence-corrected chi connectivity index (χ3v) is 3.79. The summed E-state index contributed by atoms with van der Waals surface area (Å²) in [5.41, 5.74) is 1.42. The summed E-state index contributed by atoms with van der Waals surface area (Å²) in [6, 6.07) is 16.7. The number of hydrogen-bond donors (Lipinski definition) is 1. The third kappa shape index (κ3) is 2.96. The van der Waals surface area contributed by atoms with Crippen molar-refractivity contribution in [3.8, 4) is 16.3 Å². The second-order valence-electron chi connectivity index (χ2n) is 4.44. The van der Waals surface area contributed by atoms with Gasteiger partial charge >= 0.3 is 0 Å². The fourth-order valence-electron chi connectivity index (χ4n) is 1.97. The van der Waals surface area contributed by atoms with E-state index in [9.17, 15) is 4.79 Å². The first-order chi connectivity index (χ1) is 10.8. The lowest BCUT2D eigenvalue weighted by Gasteiger charge is -2.06. The van der Waals surface area contributed by atoms with Gasteiger partial charge in [-0.3, -0.25) is 10.1 Å². The highest BCUT2D eigenvalue weighted by Gasteiger charge is 2.14. The number of aromatic nitrogens is 2. The van der Waals surface area contributed by atoms with Crippen molar-refractivity contribution in [3.63, 3.8) is 0 Å². The molecule has 0 fully saturated rings. The van der Waals surface area contributed by atoms with E-state index in [4.69, 9.17) is 4.74 Å². The van der Waals surface area contributed by atoms with Crippen LogP contribution in [0.15, 0.2) is 54.6 Å². The molecule has 110 valence electrons. The number of methoxy groups -OCH3 is 1. The van der Waals surface area contributed by atoms with Gasteiger partial charge in [-0.05, 0) is 23.7 Å². The fourth-order valence-corrected chi connectivity index (χ4v) is 2.60. The van der Waals surface area contributed by atoms with Gasteiger partial charge in [0.25, 0.3) is 5.91 Å². The van der Waals surface area contributed by atoms with Gasteiger partial charge in [-0.2, -0.15) is 9.36 Å². The van der Waals surface area contributed by atoms with Crippen LogP contribution >= 0.6 is 11.5 Å². The van der Waals surface area contributed by atoms with Crippen LogP contribution in [-0.2, 0) is 0 Å². The Hall–Kier alpha value is -2.73. The number of carbonyl (C=O) groups excluding carboxylic acids is 1. The Morgan fingerprint density at radius 2 is 1.82 bits per heavy atom. The molecular weight excluding hydrogens is 298 g/mol. The second-order valence-corrected chi connectivity index (χ2v) is 5.20. The molecule has 2 aromatic carbocycles. The van der Waals surface area contributed by atoms with Crippen LogP contribution in [0, 0.1) is 0 Å². The molecule has 0 saturated carbocycles. The van der Waals surface area contributed by atoms with E-state index < -0.39 is 0 Å². The van der Waals surface area contributed by atoms with Crippen LogP contribution in [-0.4, -0.2) is 22.4 Å². The molecule has 3 rings (SSSR count). The van der Waals surface area contributed by atoms with Gasteiger partial charge in [0.15, 0.2) is 0 Å². The van der Waals surface area contributed by atoms with E-state index >= 15 is 0 Å². The van der Waals surface area contributed by atoms with Crippen molar-refractivity contribution < 1.29 is 9.53 Å². The van der Waals surface area contributed by atoms with E-state index in [1.165, 1.54) is 18.6 Å². The van der Waals surface area contributed by atoms with Gasteiger partial charge in [-0.1, -0.05) is 42.5 Å². The summed E-state index contributed by atoms with van der Waals surface area (Å²) in [5.74, 6) is 0.508. The van der Waals surface area contributed by atoms with E-state index in [0.717, 1.165) is 10.6 Å². The van der Waals surface area contributed by atoms with Crippen molar-refractivity contribution in [2.75, 3.05) is 12.4 Å². The predicted molar refractivity (Wildman–Crippen MR) is 86.3 cm³/mol. The molecule has 1 amide bonds. The quantitative estimate of drug-likeness (QED) is 0.801. The van der Waals surface area contributed by atoms with Crippen LogP contribution in [0.3, 0.4) is 0 Å². The normalized spacial score (nSPS) is 10.2.